The number of nitro benzene ring substituents is 1. The Kier molecular flexibility index (Phi) is 3.74. The molecule has 20 heavy (non-hydrogen) atoms. The van der Waals surface area contributed by atoms with E-state index < -0.39 is 0 Å². The lowest BCUT2D eigenvalue weighted by atomic mass is 10.1. The van der Waals surface area contributed by atoms with Gasteiger partial charge in [0.25, 0.3) is 5.69 Å². The second-order valence-electron chi connectivity index (χ2n) is 4.96. The first-order chi connectivity index (χ1) is 9.74. The smallest absolute Gasteiger partial charge is 0.258 e. The van der Waals surface area contributed by atoms with E-state index in [1.54, 1.807) is 23.9 Å². The Balaban J connectivity index is 1.75. The lowest BCUT2D eigenvalue weighted by Gasteiger charge is -2.05. The van der Waals surface area contributed by atoms with E-state index in [2.05, 4.69) is 18.2 Å². The maximum atomic E-state index is 11.0. The zero-order valence-electron chi connectivity index (χ0n) is 11.0. The van der Waals surface area contributed by atoms with Crippen molar-refractivity contribution in [1.82, 2.24) is 0 Å². The fourth-order valence-corrected chi connectivity index (χ4v) is 3.57. The second kappa shape index (κ2) is 5.67. The molecule has 0 bridgehead atoms. The molecule has 0 N–H and O–H groups in total. The molecule has 0 atom stereocenters. The molecule has 0 aromatic heterocycles. The van der Waals surface area contributed by atoms with Crippen LogP contribution in [0.2, 0.25) is 0 Å². The summed E-state index contributed by atoms with van der Waals surface area (Å²) >= 11 is 1.67. The molecule has 0 saturated carbocycles. The standard InChI is InChI=1S/C16H15NO2S/c18-17(19)16-7-2-1-4-14(16)11-20-15-9-8-12-5-3-6-13(12)10-15/h1-2,4,7-10H,3,5-6,11H2. The van der Waals surface area contributed by atoms with Gasteiger partial charge in [-0.15, -0.1) is 11.8 Å². The van der Waals surface area contributed by atoms with Crippen LogP contribution in [0, 0.1) is 10.1 Å². The largest absolute Gasteiger partial charge is 0.273 e. The third-order valence-corrected chi connectivity index (χ3v) is 4.70. The molecule has 0 spiro atoms. The molecule has 0 radical (unpaired) electrons. The highest BCUT2D eigenvalue weighted by Crippen LogP contribution is 2.31. The topological polar surface area (TPSA) is 43.1 Å². The lowest BCUT2D eigenvalue weighted by molar-refractivity contribution is -0.385. The minimum Gasteiger partial charge on any atom is -0.258 e. The van der Waals surface area contributed by atoms with Crippen LogP contribution in [-0.4, -0.2) is 4.92 Å². The summed E-state index contributed by atoms with van der Waals surface area (Å²) in [5, 5.41) is 11.0. The zero-order chi connectivity index (χ0) is 13.9. The van der Waals surface area contributed by atoms with Crippen LogP contribution < -0.4 is 0 Å². The van der Waals surface area contributed by atoms with Crippen molar-refractivity contribution in [3.8, 4) is 0 Å². The Bertz CT molecular complexity index is 655. The fraction of sp³-hybridized carbons (Fsp3) is 0.250. The number of para-hydroxylation sites is 1. The van der Waals surface area contributed by atoms with Gasteiger partial charge < -0.3 is 0 Å². The summed E-state index contributed by atoms with van der Waals surface area (Å²) in [6.45, 7) is 0. The van der Waals surface area contributed by atoms with E-state index in [1.165, 1.54) is 28.9 Å². The van der Waals surface area contributed by atoms with Crippen molar-refractivity contribution in [2.24, 2.45) is 0 Å². The van der Waals surface area contributed by atoms with Gasteiger partial charge in [-0.1, -0.05) is 24.3 Å². The van der Waals surface area contributed by atoms with Gasteiger partial charge in [-0.05, 0) is 42.5 Å². The van der Waals surface area contributed by atoms with Gasteiger partial charge in [-0.3, -0.25) is 10.1 Å². The maximum Gasteiger partial charge on any atom is 0.273 e. The number of aryl methyl sites for hydroxylation is 2. The lowest BCUT2D eigenvalue weighted by Crippen LogP contribution is -1.93. The molecule has 1 aliphatic carbocycles. The quantitative estimate of drug-likeness (QED) is 0.476. The molecule has 2 aromatic rings. The molecule has 0 fully saturated rings. The molecule has 1 aliphatic rings. The first-order valence-electron chi connectivity index (χ1n) is 6.71. The third-order valence-electron chi connectivity index (χ3n) is 3.65. The van der Waals surface area contributed by atoms with Gasteiger partial charge in [-0.2, -0.15) is 0 Å². The van der Waals surface area contributed by atoms with Crippen LogP contribution >= 0.6 is 11.8 Å². The van der Waals surface area contributed by atoms with Gasteiger partial charge in [0.15, 0.2) is 0 Å². The molecule has 0 aliphatic heterocycles. The number of thioether (sulfide) groups is 1. The van der Waals surface area contributed by atoms with Gasteiger partial charge in [0, 0.05) is 22.3 Å². The number of hydrogen-bond acceptors (Lipinski definition) is 3. The predicted octanol–water partition coefficient (Wildman–Crippen LogP) is 4.38. The molecule has 0 unspecified atom stereocenters. The van der Waals surface area contributed by atoms with Crippen molar-refractivity contribution in [2.45, 2.75) is 29.9 Å². The highest BCUT2D eigenvalue weighted by atomic mass is 32.2. The molecule has 4 heteroatoms. The van der Waals surface area contributed by atoms with E-state index in [0.717, 1.165) is 12.0 Å². The minimum atomic E-state index is -0.307. The number of nitro groups is 1. The SMILES string of the molecule is O=[N+]([O-])c1ccccc1CSc1ccc2c(c1)CCC2. The van der Waals surface area contributed by atoms with Gasteiger partial charge >= 0.3 is 0 Å². The van der Waals surface area contributed by atoms with Crippen LogP contribution in [0.1, 0.15) is 23.1 Å². The Morgan fingerprint density at radius 3 is 2.75 bits per heavy atom. The molecular formula is C16H15NO2S. The van der Waals surface area contributed by atoms with Crippen molar-refractivity contribution < 1.29 is 4.92 Å². The second-order valence-corrected chi connectivity index (χ2v) is 6.01. The monoisotopic (exact) mass is 285 g/mol. The molecule has 0 heterocycles. The molecule has 102 valence electrons. The number of fused-ring (bicyclic) bond motifs is 1. The van der Waals surface area contributed by atoms with Gasteiger partial charge in [0.05, 0.1) is 4.92 Å². The number of rotatable bonds is 4. The molecule has 3 nitrogen and oxygen atoms in total. The molecule has 0 saturated heterocycles. The van der Waals surface area contributed by atoms with Crippen LogP contribution in [0.25, 0.3) is 0 Å². The summed E-state index contributed by atoms with van der Waals surface area (Å²) in [7, 11) is 0. The number of nitrogens with zero attached hydrogens (tertiary/aromatic N) is 1. The highest BCUT2D eigenvalue weighted by Gasteiger charge is 2.14. The third kappa shape index (κ3) is 2.70. The summed E-state index contributed by atoms with van der Waals surface area (Å²) < 4.78 is 0. The number of benzene rings is 2. The normalized spacial score (nSPS) is 13.2. The molecule has 2 aromatic carbocycles. The first kappa shape index (κ1) is 13.2. The van der Waals surface area contributed by atoms with E-state index in [-0.39, 0.29) is 10.6 Å². The van der Waals surface area contributed by atoms with E-state index in [0.29, 0.717) is 5.75 Å². The average molecular weight is 285 g/mol. The fourth-order valence-electron chi connectivity index (χ4n) is 2.61. The molecule has 0 amide bonds. The average Bonchev–Trinajstić information content (AvgIpc) is 2.92. The van der Waals surface area contributed by atoms with Crippen LogP contribution in [0.4, 0.5) is 5.69 Å². The molecule has 3 rings (SSSR count). The van der Waals surface area contributed by atoms with Crippen LogP contribution in [-0.2, 0) is 18.6 Å². The van der Waals surface area contributed by atoms with Crippen LogP contribution in [0.5, 0.6) is 0 Å². The van der Waals surface area contributed by atoms with E-state index in [4.69, 9.17) is 0 Å². The summed E-state index contributed by atoms with van der Waals surface area (Å²) in [4.78, 5) is 11.9. The summed E-state index contributed by atoms with van der Waals surface area (Å²) in [5.41, 5.74) is 3.89. The van der Waals surface area contributed by atoms with E-state index in [1.807, 2.05) is 12.1 Å². The van der Waals surface area contributed by atoms with Gasteiger partial charge in [-0.25, -0.2) is 0 Å². The van der Waals surface area contributed by atoms with Crippen LogP contribution in [0.3, 0.4) is 0 Å². The van der Waals surface area contributed by atoms with Crippen molar-refractivity contribution >= 4 is 17.4 Å². The first-order valence-corrected chi connectivity index (χ1v) is 7.69. The minimum absolute atomic E-state index is 0.209. The Morgan fingerprint density at radius 2 is 1.90 bits per heavy atom. The Hall–Kier alpha value is -1.81. The van der Waals surface area contributed by atoms with Crippen LogP contribution in [0.15, 0.2) is 47.4 Å². The van der Waals surface area contributed by atoms with E-state index in [9.17, 15) is 10.1 Å². The van der Waals surface area contributed by atoms with Crippen molar-refractivity contribution in [3.05, 3.63) is 69.3 Å². The van der Waals surface area contributed by atoms with Crippen molar-refractivity contribution in [3.63, 3.8) is 0 Å². The Labute approximate surface area is 122 Å². The Morgan fingerprint density at radius 1 is 1.10 bits per heavy atom. The predicted molar refractivity (Wildman–Crippen MR) is 81.1 cm³/mol. The van der Waals surface area contributed by atoms with Crippen molar-refractivity contribution in [1.29, 1.82) is 0 Å². The maximum absolute atomic E-state index is 11.0. The summed E-state index contributed by atoms with van der Waals surface area (Å²) in [6, 6.07) is 13.5. The van der Waals surface area contributed by atoms with Gasteiger partial charge in [0.2, 0.25) is 0 Å². The van der Waals surface area contributed by atoms with Gasteiger partial charge in [0.1, 0.15) is 0 Å². The summed E-state index contributed by atoms with van der Waals surface area (Å²) in [6.07, 6.45) is 3.59. The number of hydrogen-bond donors (Lipinski definition) is 0. The van der Waals surface area contributed by atoms with Crippen molar-refractivity contribution in [2.75, 3.05) is 0 Å². The summed E-state index contributed by atoms with van der Waals surface area (Å²) in [5.74, 6) is 0.635. The van der Waals surface area contributed by atoms with E-state index >= 15 is 0 Å². The molecular weight excluding hydrogens is 270 g/mol. The highest BCUT2D eigenvalue weighted by molar-refractivity contribution is 7.98. The zero-order valence-corrected chi connectivity index (χ0v) is 11.9.